The summed E-state index contributed by atoms with van der Waals surface area (Å²) >= 11 is 0.756. The molecule has 0 fully saturated rings. The molecule has 0 aliphatic carbocycles. The number of halogens is 3. The second kappa shape index (κ2) is 6.90. The van der Waals surface area contributed by atoms with Gasteiger partial charge in [0, 0.05) is 5.39 Å². The number of furan rings is 1. The number of amides is 1. The minimum atomic E-state index is -4.71. The van der Waals surface area contributed by atoms with Crippen molar-refractivity contribution in [1.82, 2.24) is 20.2 Å². The van der Waals surface area contributed by atoms with E-state index in [2.05, 4.69) is 15.5 Å². The van der Waals surface area contributed by atoms with Crippen molar-refractivity contribution in [3.63, 3.8) is 0 Å². The second-order valence-electron chi connectivity index (χ2n) is 5.44. The summed E-state index contributed by atoms with van der Waals surface area (Å²) in [5, 5.41) is 9.76. The molecule has 2 aromatic heterocycles. The van der Waals surface area contributed by atoms with Crippen LogP contribution in [0, 0.1) is 0 Å². The first kappa shape index (κ1) is 18.1. The van der Waals surface area contributed by atoms with Gasteiger partial charge < -0.3 is 15.6 Å². The van der Waals surface area contributed by atoms with Crippen LogP contribution in [0.2, 0.25) is 0 Å². The monoisotopic (exact) mass is 385 g/mol. The number of benzene rings is 1. The van der Waals surface area contributed by atoms with E-state index in [9.17, 15) is 18.0 Å². The van der Waals surface area contributed by atoms with Crippen molar-refractivity contribution in [3.05, 3.63) is 41.9 Å². The molecule has 0 spiro atoms. The summed E-state index contributed by atoms with van der Waals surface area (Å²) in [6.07, 6.45) is -4.71. The fraction of sp³-hybridized carbons (Fsp3) is 0.267. The smallest absolute Gasteiger partial charge is 0.453 e. The topological polar surface area (TPSA) is 99.0 Å². The third-order valence-electron chi connectivity index (χ3n) is 3.50. The molecule has 3 rings (SSSR count). The number of fused-ring (bicyclic) bond motifs is 1. The molecule has 138 valence electrons. The predicted molar refractivity (Wildman–Crippen MR) is 88.7 cm³/mol. The molecule has 0 bridgehead atoms. The number of nitrogens with zero attached hydrogens (tertiary/aromatic N) is 3. The molecule has 1 atom stereocenters. The van der Waals surface area contributed by atoms with Gasteiger partial charge in [0.25, 0.3) is 5.82 Å². The number of thioether (sulfide) groups is 1. The SMILES string of the molecule is C[C@H](NC(=O)CSc1nnc(C(F)(F)F)n1N)c1cc2ccccc2o1. The standard InChI is InChI=1S/C15H14F3N5O2S/c1-8(11-6-9-4-2-3-5-10(9)25-11)20-12(24)7-26-14-22-21-13(23(14)19)15(16,17)18/h2-6,8H,7,19H2,1H3,(H,20,24)/t8-/m0/s1. The Morgan fingerprint density at radius 1 is 1.38 bits per heavy atom. The lowest BCUT2D eigenvalue weighted by atomic mass is 10.2. The van der Waals surface area contributed by atoms with Crippen LogP contribution in [0.15, 0.2) is 39.9 Å². The van der Waals surface area contributed by atoms with Gasteiger partial charge in [-0.15, -0.1) is 10.2 Å². The van der Waals surface area contributed by atoms with Gasteiger partial charge in [0.1, 0.15) is 11.3 Å². The third-order valence-corrected chi connectivity index (χ3v) is 4.44. The summed E-state index contributed by atoms with van der Waals surface area (Å²) in [5.74, 6) is 3.99. The van der Waals surface area contributed by atoms with E-state index in [1.165, 1.54) is 0 Å². The fourth-order valence-electron chi connectivity index (χ4n) is 2.27. The largest absolute Gasteiger partial charge is 0.459 e. The van der Waals surface area contributed by atoms with E-state index in [1.54, 1.807) is 6.92 Å². The Labute approximate surface area is 149 Å². The highest BCUT2D eigenvalue weighted by atomic mass is 32.2. The first-order chi connectivity index (χ1) is 12.3. The number of nitrogen functional groups attached to an aromatic ring is 1. The maximum atomic E-state index is 12.6. The van der Waals surface area contributed by atoms with Crippen molar-refractivity contribution in [2.24, 2.45) is 0 Å². The summed E-state index contributed by atoms with van der Waals surface area (Å²) in [7, 11) is 0. The van der Waals surface area contributed by atoms with Gasteiger partial charge in [0.05, 0.1) is 11.8 Å². The van der Waals surface area contributed by atoms with Crippen molar-refractivity contribution in [3.8, 4) is 0 Å². The first-order valence-corrected chi connectivity index (χ1v) is 8.42. The number of carbonyl (C=O) groups excluding carboxylic acids is 1. The van der Waals surface area contributed by atoms with Crippen molar-refractivity contribution in [2.45, 2.75) is 24.3 Å². The lowest BCUT2D eigenvalue weighted by molar-refractivity contribution is -0.146. The molecular formula is C15H14F3N5O2S. The predicted octanol–water partition coefficient (Wildman–Crippen LogP) is 2.73. The molecule has 7 nitrogen and oxygen atoms in total. The van der Waals surface area contributed by atoms with E-state index >= 15 is 0 Å². The Kier molecular flexibility index (Phi) is 4.81. The van der Waals surface area contributed by atoms with Gasteiger partial charge in [-0.25, -0.2) is 4.68 Å². The van der Waals surface area contributed by atoms with Gasteiger partial charge >= 0.3 is 6.18 Å². The van der Waals surface area contributed by atoms with E-state index in [-0.39, 0.29) is 10.9 Å². The van der Waals surface area contributed by atoms with E-state index < -0.39 is 23.9 Å². The van der Waals surface area contributed by atoms with Gasteiger partial charge in [0.2, 0.25) is 11.1 Å². The molecular weight excluding hydrogens is 371 g/mol. The van der Waals surface area contributed by atoms with Crippen molar-refractivity contribution in [1.29, 1.82) is 0 Å². The van der Waals surface area contributed by atoms with Gasteiger partial charge in [0.15, 0.2) is 0 Å². The quantitative estimate of drug-likeness (QED) is 0.518. The zero-order valence-corrected chi connectivity index (χ0v) is 14.3. The fourth-order valence-corrected chi connectivity index (χ4v) is 2.94. The molecule has 0 aliphatic rings. The van der Waals surface area contributed by atoms with Crippen molar-refractivity contribution < 1.29 is 22.4 Å². The molecule has 11 heteroatoms. The maximum absolute atomic E-state index is 12.6. The van der Waals surface area contributed by atoms with Crippen LogP contribution >= 0.6 is 11.8 Å². The summed E-state index contributed by atoms with van der Waals surface area (Å²) in [6.45, 7) is 1.74. The number of rotatable bonds is 5. The number of aromatic nitrogens is 3. The third kappa shape index (κ3) is 3.77. The number of alkyl halides is 3. The van der Waals surface area contributed by atoms with Crippen molar-refractivity contribution >= 4 is 28.6 Å². The number of carbonyl (C=O) groups is 1. The van der Waals surface area contributed by atoms with Crippen LogP contribution in [-0.2, 0) is 11.0 Å². The van der Waals surface area contributed by atoms with Crippen LogP contribution < -0.4 is 11.2 Å². The Morgan fingerprint density at radius 3 is 2.77 bits per heavy atom. The summed E-state index contributed by atoms with van der Waals surface area (Å²) in [4.78, 5) is 12.0. The molecule has 1 amide bonds. The Hall–Kier alpha value is -2.69. The highest BCUT2D eigenvalue weighted by Crippen LogP contribution is 2.29. The van der Waals surface area contributed by atoms with Crippen LogP contribution in [0.3, 0.4) is 0 Å². The van der Waals surface area contributed by atoms with Crippen LogP contribution in [0.5, 0.6) is 0 Å². The molecule has 0 radical (unpaired) electrons. The van der Waals surface area contributed by atoms with Gasteiger partial charge in [-0.3, -0.25) is 4.79 Å². The van der Waals surface area contributed by atoms with Crippen LogP contribution in [0.1, 0.15) is 24.6 Å². The summed E-state index contributed by atoms with van der Waals surface area (Å²) < 4.78 is 43.8. The molecule has 2 heterocycles. The number of para-hydroxylation sites is 1. The number of nitrogens with one attached hydrogen (secondary N) is 1. The van der Waals surface area contributed by atoms with Crippen LogP contribution in [0.25, 0.3) is 11.0 Å². The highest BCUT2D eigenvalue weighted by Gasteiger charge is 2.38. The number of hydrogen-bond donors (Lipinski definition) is 2. The first-order valence-electron chi connectivity index (χ1n) is 7.44. The molecule has 26 heavy (non-hydrogen) atoms. The number of hydrogen-bond acceptors (Lipinski definition) is 6. The van der Waals surface area contributed by atoms with E-state index in [0.717, 1.165) is 17.1 Å². The average molecular weight is 385 g/mol. The molecule has 0 unspecified atom stereocenters. The molecule has 3 aromatic rings. The Bertz CT molecular complexity index is 904. The second-order valence-corrected chi connectivity index (χ2v) is 6.38. The Balaban J connectivity index is 1.59. The van der Waals surface area contributed by atoms with Gasteiger partial charge in [-0.2, -0.15) is 13.2 Å². The summed E-state index contributed by atoms with van der Waals surface area (Å²) in [6, 6.07) is 8.83. The molecule has 0 saturated carbocycles. The molecule has 1 aromatic carbocycles. The average Bonchev–Trinajstić information content (AvgIpc) is 3.16. The number of nitrogens with two attached hydrogens (primary N) is 1. The maximum Gasteiger partial charge on any atom is 0.453 e. The molecule has 0 saturated heterocycles. The van der Waals surface area contributed by atoms with Crippen LogP contribution in [-0.4, -0.2) is 26.5 Å². The Morgan fingerprint density at radius 2 is 2.12 bits per heavy atom. The zero-order chi connectivity index (χ0) is 18.9. The van der Waals surface area contributed by atoms with Crippen molar-refractivity contribution in [2.75, 3.05) is 11.6 Å². The van der Waals surface area contributed by atoms with Gasteiger partial charge in [-0.1, -0.05) is 30.0 Å². The highest BCUT2D eigenvalue weighted by molar-refractivity contribution is 7.99. The van der Waals surface area contributed by atoms with Gasteiger partial charge in [-0.05, 0) is 19.1 Å². The van der Waals surface area contributed by atoms with Crippen LogP contribution in [0.4, 0.5) is 13.2 Å². The summed E-state index contributed by atoms with van der Waals surface area (Å²) in [5.41, 5.74) is 0.703. The van der Waals surface area contributed by atoms with E-state index in [1.807, 2.05) is 30.3 Å². The lowest BCUT2D eigenvalue weighted by Gasteiger charge is -2.11. The molecule has 3 N–H and O–H groups in total. The normalized spacial score (nSPS) is 13.1. The minimum Gasteiger partial charge on any atom is -0.459 e. The molecule has 0 aliphatic heterocycles. The zero-order valence-electron chi connectivity index (χ0n) is 13.4. The van der Waals surface area contributed by atoms with E-state index in [0.29, 0.717) is 16.0 Å². The minimum absolute atomic E-state index is 0.169. The van der Waals surface area contributed by atoms with E-state index in [4.69, 9.17) is 10.3 Å². The lowest BCUT2D eigenvalue weighted by Crippen LogP contribution is -2.28.